The molecule has 1 aliphatic carbocycles. The van der Waals surface area contributed by atoms with Gasteiger partial charge in [0.05, 0.1) is 11.8 Å². The summed E-state index contributed by atoms with van der Waals surface area (Å²) in [6, 6.07) is 14.5. The van der Waals surface area contributed by atoms with Crippen LogP contribution in [0.3, 0.4) is 0 Å². The highest BCUT2D eigenvalue weighted by molar-refractivity contribution is 7.80. The Kier molecular flexibility index (Phi) is 10.7. The average Bonchev–Trinajstić information content (AvgIpc) is 3.16. The zero-order valence-corrected chi connectivity index (χ0v) is 19.9. The molecule has 0 spiro atoms. The topological polar surface area (TPSA) is 39.9 Å². The summed E-state index contributed by atoms with van der Waals surface area (Å²) in [7, 11) is 3.69. The Morgan fingerprint density at radius 2 is 1.62 bits per heavy atom. The van der Waals surface area contributed by atoms with Gasteiger partial charge in [0.2, 0.25) is 0 Å². The predicted octanol–water partition coefficient (Wildman–Crippen LogP) is 6.76. The van der Waals surface area contributed by atoms with Gasteiger partial charge in [-0.3, -0.25) is 0 Å². The molecule has 0 radical (unpaired) electrons. The van der Waals surface area contributed by atoms with Crippen LogP contribution in [0.4, 0.5) is 0 Å². The Labute approximate surface area is 181 Å². The van der Waals surface area contributed by atoms with E-state index >= 15 is 0 Å². The highest BCUT2D eigenvalue weighted by atomic mass is 32.1. The van der Waals surface area contributed by atoms with E-state index in [0.717, 1.165) is 39.4 Å². The summed E-state index contributed by atoms with van der Waals surface area (Å²) in [5.41, 5.74) is 6.51. The zero-order valence-electron chi connectivity index (χ0n) is 19.0. The van der Waals surface area contributed by atoms with E-state index in [1.54, 1.807) is 7.11 Å². The van der Waals surface area contributed by atoms with Crippen LogP contribution < -0.4 is 0 Å². The average molecular weight is 414 g/mol. The molecule has 1 aromatic heterocycles. The van der Waals surface area contributed by atoms with Crippen molar-refractivity contribution < 1.29 is 4.74 Å². The van der Waals surface area contributed by atoms with Gasteiger partial charge >= 0.3 is 0 Å². The molecule has 5 heteroatoms. The van der Waals surface area contributed by atoms with Crippen molar-refractivity contribution in [2.45, 2.75) is 59.0 Å². The van der Waals surface area contributed by atoms with Gasteiger partial charge < -0.3 is 4.74 Å². The number of aromatic nitrogens is 3. The van der Waals surface area contributed by atoms with Crippen LogP contribution in [0.1, 0.15) is 58.8 Å². The molecule has 2 aromatic carbocycles. The van der Waals surface area contributed by atoms with Crippen molar-refractivity contribution in [1.82, 2.24) is 15.0 Å². The van der Waals surface area contributed by atoms with E-state index in [2.05, 4.69) is 47.2 Å². The van der Waals surface area contributed by atoms with Gasteiger partial charge in [0, 0.05) is 36.6 Å². The Morgan fingerprint density at radius 3 is 2.28 bits per heavy atom. The van der Waals surface area contributed by atoms with Gasteiger partial charge in [-0.25, -0.2) is 4.68 Å². The normalized spacial score (nSPS) is 13.3. The van der Waals surface area contributed by atoms with E-state index in [1.165, 1.54) is 5.56 Å². The summed E-state index contributed by atoms with van der Waals surface area (Å²) < 4.78 is 7.64. The number of fused-ring (bicyclic) bond motifs is 5. The molecule has 1 atom stereocenters. The number of ether oxygens (including phenoxy) is 1. The van der Waals surface area contributed by atoms with Crippen molar-refractivity contribution in [3.8, 4) is 22.5 Å². The molecule has 0 bridgehead atoms. The highest BCUT2D eigenvalue weighted by Gasteiger charge is 2.27. The molecule has 29 heavy (non-hydrogen) atoms. The quantitative estimate of drug-likeness (QED) is 0.448. The van der Waals surface area contributed by atoms with E-state index in [0.29, 0.717) is 0 Å². The third-order valence-electron chi connectivity index (χ3n) is 4.42. The molecule has 0 amide bonds. The molecule has 1 unspecified atom stereocenters. The number of aryl methyl sites for hydroxylation is 1. The third-order valence-corrected chi connectivity index (χ3v) is 4.70. The van der Waals surface area contributed by atoms with Gasteiger partial charge in [-0.1, -0.05) is 77.1 Å². The second kappa shape index (κ2) is 12.5. The highest BCUT2D eigenvalue weighted by Crippen LogP contribution is 2.41. The van der Waals surface area contributed by atoms with E-state index < -0.39 is 0 Å². The number of rotatable bonds is 1. The lowest BCUT2D eigenvalue weighted by Crippen LogP contribution is -2.11. The van der Waals surface area contributed by atoms with Crippen LogP contribution in [0.15, 0.2) is 47.4 Å². The van der Waals surface area contributed by atoms with Crippen LogP contribution in [0.2, 0.25) is 0 Å². The van der Waals surface area contributed by atoms with Crippen molar-refractivity contribution in [3.63, 3.8) is 0 Å². The second-order valence-corrected chi connectivity index (χ2v) is 6.28. The molecule has 4 rings (SSSR count). The molecule has 1 heterocycles. The molecule has 0 saturated heterocycles. The smallest absolute Gasteiger partial charge is 0.121 e. The number of nitrogens with zero attached hydrogens (tertiary/aromatic N) is 3. The van der Waals surface area contributed by atoms with Crippen molar-refractivity contribution in [1.29, 1.82) is 0 Å². The minimum absolute atomic E-state index is 0.0183. The monoisotopic (exact) mass is 413 g/mol. The van der Waals surface area contributed by atoms with Crippen molar-refractivity contribution in [3.05, 3.63) is 53.6 Å². The van der Waals surface area contributed by atoms with Crippen LogP contribution in [0.5, 0.6) is 0 Å². The first-order chi connectivity index (χ1) is 14.2. The van der Waals surface area contributed by atoms with Gasteiger partial charge in [-0.15, -0.1) is 17.7 Å². The fraction of sp³-hybridized carbons (Fsp3) is 0.417. The molecule has 3 aromatic rings. The molecular weight excluding hydrogens is 378 g/mol. The van der Waals surface area contributed by atoms with Gasteiger partial charge in [-0.2, -0.15) is 0 Å². The number of thiol groups is 1. The number of hydrogen-bond donors (Lipinski definition) is 1. The molecule has 0 saturated carbocycles. The fourth-order valence-electron chi connectivity index (χ4n) is 3.33. The van der Waals surface area contributed by atoms with E-state index in [-0.39, 0.29) is 6.10 Å². The second-order valence-electron chi connectivity index (χ2n) is 5.77. The van der Waals surface area contributed by atoms with Crippen molar-refractivity contribution in [2.24, 2.45) is 7.05 Å². The molecule has 0 fully saturated rings. The first-order valence-corrected chi connectivity index (χ1v) is 11.0. The van der Waals surface area contributed by atoms with Crippen LogP contribution in [0.25, 0.3) is 22.5 Å². The molecule has 1 aliphatic rings. The maximum atomic E-state index is 5.79. The minimum atomic E-state index is -0.0183. The molecule has 4 nitrogen and oxygen atoms in total. The first-order valence-electron chi connectivity index (χ1n) is 10.5. The molecule has 158 valence electrons. The Bertz CT molecular complexity index is 890. The fourth-order valence-corrected chi connectivity index (χ4v) is 3.56. The summed E-state index contributed by atoms with van der Waals surface area (Å²) in [5.74, 6) is 0. The summed E-state index contributed by atoms with van der Waals surface area (Å²) in [6.45, 7) is 12.0. The Morgan fingerprint density at radius 1 is 0.966 bits per heavy atom. The Hall–Kier alpha value is -2.11. The maximum absolute atomic E-state index is 5.79. The molecular formula is C24H35N3OS. The SMILES string of the molecule is CC.CC.CC.COC1Cc2cc(S)ccc2-c2c(nnn2C)-c2ccccc21. The van der Waals surface area contributed by atoms with Crippen LogP contribution in [-0.2, 0) is 18.2 Å². The van der Waals surface area contributed by atoms with Crippen LogP contribution in [-0.4, -0.2) is 22.1 Å². The van der Waals surface area contributed by atoms with Gasteiger partial charge in [0.15, 0.2) is 0 Å². The third kappa shape index (κ3) is 5.28. The van der Waals surface area contributed by atoms with E-state index in [4.69, 9.17) is 4.74 Å². The zero-order chi connectivity index (χ0) is 22.0. The van der Waals surface area contributed by atoms with E-state index in [1.807, 2.05) is 71.5 Å². The largest absolute Gasteiger partial charge is 0.376 e. The number of benzene rings is 2. The van der Waals surface area contributed by atoms with Gasteiger partial charge in [0.25, 0.3) is 0 Å². The summed E-state index contributed by atoms with van der Waals surface area (Å²) in [4.78, 5) is 0.948. The lowest BCUT2D eigenvalue weighted by molar-refractivity contribution is 0.104. The van der Waals surface area contributed by atoms with Gasteiger partial charge in [0.1, 0.15) is 5.69 Å². The van der Waals surface area contributed by atoms with Crippen molar-refractivity contribution in [2.75, 3.05) is 7.11 Å². The minimum Gasteiger partial charge on any atom is -0.376 e. The predicted molar refractivity (Wildman–Crippen MR) is 127 cm³/mol. The van der Waals surface area contributed by atoms with Gasteiger partial charge in [-0.05, 0) is 23.3 Å². The number of methoxy groups -OCH3 is 1. The van der Waals surface area contributed by atoms with Crippen LogP contribution in [0, 0.1) is 0 Å². The van der Waals surface area contributed by atoms with Crippen molar-refractivity contribution >= 4 is 12.6 Å². The molecule has 0 aliphatic heterocycles. The summed E-state index contributed by atoms with van der Waals surface area (Å²) >= 11 is 4.50. The molecule has 0 N–H and O–H groups in total. The maximum Gasteiger partial charge on any atom is 0.121 e. The van der Waals surface area contributed by atoms with Crippen LogP contribution >= 0.6 is 12.6 Å². The van der Waals surface area contributed by atoms with E-state index in [9.17, 15) is 0 Å². The number of hydrogen-bond acceptors (Lipinski definition) is 4. The Balaban J connectivity index is 0.000000644. The standard InChI is InChI=1S/C18H17N3OS.3C2H6/c1-21-18-13-8-7-12(23)9-11(13)10-16(22-2)14-5-3-4-6-15(14)17(18)19-20-21;3*1-2/h3-9,16,23H,10H2,1-2H3;3*1-2H3. The summed E-state index contributed by atoms with van der Waals surface area (Å²) in [5, 5.41) is 8.69. The summed E-state index contributed by atoms with van der Waals surface area (Å²) in [6.07, 6.45) is 0.775. The lowest BCUT2D eigenvalue weighted by atomic mass is 9.87. The first kappa shape index (κ1) is 24.9. The lowest BCUT2D eigenvalue weighted by Gasteiger charge is -2.24.